The zero-order chi connectivity index (χ0) is 14.8. The van der Waals surface area contributed by atoms with Gasteiger partial charge in [-0.2, -0.15) is 0 Å². The van der Waals surface area contributed by atoms with Crippen molar-refractivity contribution in [2.75, 3.05) is 11.4 Å². The molecule has 1 heterocycles. The third-order valence-electron chi connectivity index (χ3n) is 4.03. The number of carboxylic acids is 1. The van der Waals surface area contributed by atoms with Crippen LogP contribution in [0, 0.1) is 6.92 Å². The van der Waals surface area contributed by atoms with Crippen molar-refractivity contribution in [2.24, 2.45) is 0 Å². The fourth-order valence-electron chi connectivity index (χ4n) is 3.10. The van der Waals surface area contributed by atoms with Gasteiger partial charge >= 0.3 is 5.97 Å². The monoisotopic (exact) mass is 281 g/mol. The van der Waals surface area contributed by atoms with Gasteiger partial charge in [-0.3, -0.25) is 0 Å². The Balaban J connectivity index is 1.94. The second-order valence-electron chi connectivity index (χ2n) is 5.62. The lowest BCUT2D eigenvalue weighted by Gasteiger charge is -2.32. The molecule has 0 bridgehead atoms. The Morgan fingerprint density at radius 3 is 2.81 bits per heavy atom. The van der Waals surface area contributed by atoms with Crippen LogP contribution in [0.2, 0.25) is 0 Å². The zero-order valence-electron chi connectivity index (χ0n) is 12.2. The van der Waals surface area contributed by atoms with Gasteiger partial charge in [0.15, 0.2) is 0 Å². The predicted molar refractivity (Wildman–Crippen MR) is 84.0 cm³/mol. The van der Waals surface area contributed by atoms with Crippen molar-refractivity contribution >= 4 is 11.7 Å². The van der Waals surface area contributed by atoms with E-state index in [2.05, 4.69) is 36.1 Å². The molecule has 3 heteroatoms. The first-order valence-corrected chi connectivity index (χ1v) is 7.31. The number of carboxylic acid groups (broad SMARTS) is 1. The van der Waals surface area contributed by atoms with Crippen molar-refractivity contribution < 1.29 is 9.90 Å². The third-order valence-corrected chi connectivity index (χ3v) is 4.03. The van der Waals surface area contributed by atoms with E-state index in [0.29, 0.717) is 5.56 Å². The highest BCUT2D eigenvalue weighted by molar-refractivity contribution is 5.91. The van der Waals surface area contributed by atoms with Crippen LogP contribution in [-0.2, 0) is 13.0 Å². The number of hydrogen-bond acceptors (Lipinski definition) is 2. The Morgan fingerprint density at radius 2 is 2.05 bits per heavy atom. The Morgan fingerprint density at radius 1 is 1.24 bits per heavy atom. The van der Waals surface area contributed by atoms with Crippen molar-refractivity contribution in [1.82, 2.24) is 0 Å². The maximum Gasteiger partial charge on any atom is 0.336 e. The summed E-state index contributed by atoms with van der Waals surface area (Å²) in [7, 11) is 0. The summed E-state index contributed by atoms with van der Waals surface area (Å²) in [6.07, 6.45) is 1.85. The molecule has 1 N–H and O–H groups in total. The number of anilines is 1. The van der Waals surface area contributed by atoms with E-state index in [-0.39, 0.29) is 0 Å². The molecule has 0 atom stereocenters. The zero-order valence-corrected chi connectivity index (χ0v) is 12.2. The maximum atomic E-state index is 11.4. The van der Waals surface area contributed by atoms with Crippen molar-refractivity contribution in [3.8, 4) is 0 Å². The molecule has 0 amide bonds. The van der Waals surface area contributed by atoms with Crippen LogP contribution in [0.1, 0.15) is 33.5 Å². The second-order valence-corrected chi connectivity index (χ2v) is 5.62. The summed E-state index contributed by atoms with van der Waals surface area (Å²) in [6, 6.07) is 14.1. The molecule has 0 saturated carbocycles. The van der Waals surface area contributed by atoms with Crippen LogP contribution in [0.4, 0.5) is 5.69 Å². The van der Waals surface area contributed by atoms with E-state index in [1.165, 1.54) is 11.1 Å². The molecule has 0 saturated heterocycles. The number of hydrogen-bond donors (Lipinski definition) is 1. The molecule has 2 aromatic rings. The van der Waals surface area contributed by atoms with Gasteiger partial charge in [-0.05, 0) is 43.0 Å². The SMILES string of the molecule is Cc1cccc(CN2CCCc3c(C(=O)O)cccc32)c1. The van der Waals surface area contributed by atoms with Crippen LogP contribution < -0.4 is 4.90 Å². The van der Waals surface area contributed by atoms with E-state index in [0.717, 1.165) is 37.2 Å². The van der Waals surface area contributed by atoms with E-state index in [9.17, 15) is 9.90 Å². The second kappa shape index (κ2) is 5.60. The van der Waals surface area contributed by atoms with Crippen LogP contribution in [-0.4, -0.2) is 17.6 Å². The first-order chi connectivity index (χ1) is 10.1. The molecule has 0 unspecified atom stereocenters. The topological polar surface area (TPSA) is 40.5 Å². The molecular weight excluding hydrogens is 262 g/mol. The summed E-state index contributed by atoms with van der Waals surface area (Å²) < 4.78 is 0. The van der Waals surface area contributed by atoms with Crippen LogP contribution in [0.25, 0.3) is 0 Å². The highest BCUT2D eigenvalue weighted by atomic mass is 16.4. The average Bonchev–Trinajstić information content (AvgIpc) is 2.47. The Hall–Kier alpha value is -2.29. The van der Waals surface area contributed by atoms with Crippen molar-refractivity contribution in [3.05, 3.63) is 64.7 Å². The highest BCUT2D eigenvalue weighted by Gasteiger charge is 2.21. The summed E-state index contributed by atoms with van der Waals surface area (Å²) >= 11 is 0. The van der Waals surface area contributed by atoms with Crippen molar-refractivity contribution in [1.29, 1.82) is 0 Å². The van der Waals surface area contributed by atoms with Crippen molar-refractivity contribution in [3.63, 3.8) is 0 Å². The van der Waals surface area contributed by atoms with Crippen LogP contribution in [0.5, 0.6) is 0 Å². The molecule has 108 valence electrons. The molecule has 3 rings (SSSR count). The number of nitrogens with zero attached hydrogens (tertiary/aromatic N) is 1. The number of aryl methyl sites for hydroxylation is 1. The minimum Gasteiger partial charge on any atom is -0.478 e. The number of fused-ring (bicyclic) bond motifs is 1. The summed E-state index contributed by atoms with van der Waals surface area (Å²) in [4.78, 5) is 13.7. The normalized spacial score (nSPS) is 13.9. The third kappa shape index (κ3) is 2.77. The van der Waals surface area contributed by atoms with Crippen molar-refractivity contribution in [2.45, 2.75) is 26.3 Å². The molecule has 0 radical (unpaired) electrons. The van der Waals surface area contributed by atoms with E-state index < -0.39 is 5.97 Å². The van der Waals surface area contributed by atoms with E-state index in [4.69, 9.17) is 0 Å². The fraction of sp³-hybridized carbons (Fsp3) is 0.278. The Bertz CT molecular complexity index is 679. The molecule has 0 spiro atoms. The van der Waals surface area contributed by atoms with Gasteiger partial charge in [0.2, 0.25) is 0 Å². The summed E-state index contributed by atoms with van der Waals surface area (Å²) in [5, 5.41) is 9.33. The molecular formula is C18H19NO2. The van der Waals surface area contributed by atoms with Crippen LogP contribution in [0.15, 0.2) is 42.5 Å². The van der Waals surface area contributed by atoms with Gasteiger partial charge in [0.05, 0.1) is 5.56 Å². The Labute approximate surface area is 124 Å². The first-order valence-electron chi connectivity index (χ1n) is 7.31. The van der Waals surface area contributed by atoms with Crippen LogP contribution >= 0.6 is 0 Å². The number of benzene rings is 2. The number of aromatic carboxylic acids is 1. The minimum atomic E-state index is -0.829. The van der Waals surface area contributed by atoms with E-state index >= 15 is 0 Å². The molecule has 0 aliphatic carbocycles. The summed E-state index contributed by atoms with van der Waals surface area (Å²) in [5.74, 6) is -0.829. The van der Waals surface area contributed by atoms with Crippen LogP contribution in [0.3, 0.4) is 0 Å². The van der Waals surface area contributed by atoms with E-state index in [1.807, 2.05) is 12.1 Å². The standard InChI is InChI=1S/C18H19NO2/c1-13-5-2-6-14(11-13)12-19-10-4-8-15-16(18(20)21)7-3-9-17(15)19/h2-3,5-7,9,11H,4,8,10,12H2,1H3,(H,20,21). The maximum absolute atomic E-state index is 11.4. The lowest BCUT2D eigenvalue weighted by atomic mass is 9.96. The quantitative estimate of drug-likeness (QED) is 0.933. The molecule has 0 fully saturated rings. The van der Waals surface area contributed by atoms with Gasteiger partial charge in [0.1, 0.15) is 0 Å². The molecule has 21 heavy (non-hydrogen) atoms. The van der Waals surface area contributed by atoms with Gasteiger partial charge in [0, 0.05) is 18.8 Å². The average molecular weight is 281 g/mol. The summed E-state index contributed by atoms with van der Waals surface area (Å²) in [5.41, 5.74) is 5.01. The first kappa shape index (κ1) is 13.7. The molecule has 3 nitrogen and oxygen atoms in total. The number of rotatable bonds is 3. The predicted octanol–water partition coefficient (Wildman–Crippen LogP) is 3.65. The fourth-order valence-corrected chi connectivity index (χ4v) is 3.10. The van der Waals surface area contributed by atoms with Gasteiger partial charge in [-0.15, -0.1) is 0 Å². The number of carbonyl (C=O) groups is 1. The molecule has 2 aromatic carbocycles. The smallest absolute Gasteiger partial charge is 0.336 e. The van der Waals surface area contributed by atoms with Gasteiger partial charge in [-0.25, -0.2) is 4.79 Å². The largest absolute Gasteiger partial charge is 0.478 e. The lowest BCUT2D eigenvalue weighted by Crippen LogP contribution is -2.29. The highest BCUT2D eigenvalue weighted by Crippen LogP contribution is 2.31. The molecule has 1 aliphatic heterocycles. The van der Waals surface area contributed by atoms with E-state index in [1.54, 1.807) is 6.07 Å². The minimum absolute atomic E-state index is 0.446. The molecule has 0 aromatic heterocycles. The summed E-state index contributed by atoms with van der Waals surface area (Å²) in [6.45, 7) is 3.90. The Kier molecular flexibility index (Phi) is 3.65. The van der Waals surface area contributed by atoms with Gasteiger partial charge in [-0.1, -0.05) is 35.9 Å². The molecule has 1 aliphatic rings. The van der Waals surface area contributed by atoms with Gasteiger partial charge in [0.25, 0.3) is 0 Å². The van der Waals surface area contributed by atoms with Gasteiger partial charge < -0.3 is 10.0 Å². The lowest BCUT2D eigenvalue weighted by molar-refractivity contribution is 0.0695.